The Morgan fingerprint density at radius 3 is 1.92 bits per heavy atom. The van der Waals surface area contributed by atoms with Crippen LogP contribution in [0.4, 0.5) is 0 Å². The first-order valence-electron chi connectivity index (χ1n) is 4.78. The van der Waals surface area contributed by atoms with Gasteiger partial charge in [0, 0.05) is 0 Å². The predicted octanol–water partition coefficient (Wildman–Crippen LogP) is 3.34. The smallest absolute Gasteiger partial charge is 0.0864 e. The fourth-order valence-corrected chi connectivity index (χ4v) is 1.87. The Morgan fingerprint density at radius 2 is 1.67 bits per heavy atom. The summed E-state index contributed by atoms with van der Waals surface area (Å²) in [5.74, 6) is 0. The van der Waals surface area contributed by atoms with Gasteiger partial charge in [-0.2, -0.15) is 0 Å². The monoisotopic (exact) mass is 168 g/mol. The SMILES string of the molecule is CCC(CC)(CC)C(C)N=C=N. The van der Waals surface area contributed by atoms with Crippen molar-refractivity contribution in [3.63, 3.8) is 0 Å². The Kier molecular flexibility index (Phi) is 4.84. The number of aliphatic imine (C=N–C) groups is 1. The third-order valence-corrected chi connectivity index (χ3v) is 3.26. The van der Waals surface area contributed by atoms with Gasteiger partial charge in [0.2, 0.25) is 0 Å². The van der Waals surface area contributed by atoms with Crippen molar-refractivity contribution in [2.24, 2.45) is 10.4 Å². The second-order valence-electron chi connectivity index (χ2n) is 3.34. The van der Waals surface area contributed by atoms with E-state index < -0.39 is 0 Å². The summed E-state index contributed by atoms with van der Waals surface area (Å²) in [6.45, 7) is 8.67. The van der Waals surface area contributed by atoms with Crippen LogP contribution in [0.1, 0.15) is 47.0 Å². The van der Waals surface area contributed by atoms with E-state index in [2.05, 4.69) is 38.7 Å². The summed E-state index contributed by atoms with van der Waals surface area (Å²) in [4.78, 5) is 4.03. The summed E-state index contributed by atoms with van der Waals surface area (Å²) in [6.07, 6.45) is 3.39. The molecule has 0 aromatic heterocycles. The van der Waals surface area contributed by atoms with Crippen molar-refractivity contribution in [3.05, 3.63) is 0 Å². The molecule has 1 N–H and O–H groups in total. The third-order valence-electron chi connectivity index (χ3n) is 3.26. The number of nitrogens with one attached hydrogen (secondary N) is 1. The van der Waals surface area contributed by atoms with Crippen LogP contribution in [0.15, 0.2) is 4.99 Å². The van der Waals surface area contributed by atoms with Crippen molar-refractivity contribution in [1.29, 1.82) is 5.41 Å². The maximum Gasteiger partial charge on any atom is 0.0864 e. The van der Waals surface area contributed by atoms with E-state index in [4.69, 9.17) is 5.41 Å². The average molecular weight is 168 g/mol. The molecule has 0 heterocycles. The second kappa shape index (κ2) is 5.10. The molecule has 0 amide bonds. The highest BCUT2D eigenvalue weighted by atomic mass is 14.8. The molecule has 1 unspecified atom stereocenters. The van der Waals surface area contributed by atoms with Gasteiger partial charge in [-0.15, -0.1) is 0 Å². The van der Waals surface area contributed by atoms with Crippen LogP contribution in [0.25, 0.3) is 0 Å². The van der Waals surface area contributed by atoms with Crippen molar-refractivity contribution in [3.8, 4) is 0 Å². The molecule has 0 aromatic carbocycles. The Labute approximate surface area is 75.6 Å². The lowest BCUT2D eigenvalue weighted by atomic mass is 9.74. The second-order valence-corrected chi connectivity index (χ2v) is 3.34. The summed E-state index contributed by atoms with van der Waals surface area (Å²) in [7, 11) is 0. The first kappa shape index (κ1) is 11.4. The van der Waals surface area contributed by atoms with E-state index in [-0.39, 0.29) is 11.5 Å². The van der Waals surface area contributed by atoms with Crippen molar-refractivity contribution in [2.45, 2.75) is 53.0 Å². The molecule has 0 bridgehead atoms. The molecule has 0 aliphatic rings. The van der Waals surface area contributed by atoms with Gasteiger partial charge in [-0.1, -0.05) is 20.8 Å². The van der Waals surface area contributed by atoms with E-state index in [0.717, 1.165) is 19.3 Å². The minimum atomic E-state index is 0.231. The summed E-state index contributed by atoms with van der Waals surface area (Å²) in [5, 5.41) is 6.82. The maximum absolute atomic E-state index is 6.82. The van der Waals surface area contributed by atoms with Crippen LogP contribution in [0, 0.1) is 10.8 Å². The van der Waals surface area contributed by atoms with Crippen LogP contribution in [0.3, 0.4) is 0 Å². The van der Waals surface area contributed by atoms with E-state index in [1.54, 1.807) is 0 Å². The number of hydrogen-bond donors (Lipinski definition) is 1. The number of rotatable bonds is 5. The zero-order chi connectivity index (χ0) is 9.61. The van der Waals surface area contributed by atoms with E-state index in [1.165, 1.54) is 0 Å². The molecule has 2 heteroatoms. The molecule has 0 fully saturated rings. The van der Waals surface area contributed by atoms with Gasteiger partial charge in [0.25, 0.3) is 0 Å². The fraction of sp³-hybridized carbons (Fsp3) is 0.900. The van der Waals surface area contributed by atoms with Crippen molar-refractivity contribution in [1.82, 2.24) is 0 Å². The van der Waals surface area contributed by atoms with Crippen molar-refractivity contribution < 1.29 is 0 Å². The van der Waals surface area contributed by atoms with Gasteiger partial charge in [-0.05, 0) is 31.6 Å². The molecule has 0 saturated carbocycles. The molecule has 0 rings (SSSR count). The van der Waals surface area contributed by atoms with E-state index >= 15 is 0 Å². The Hall–Kier alpha value is -0.620. The van der Waals surface area contributed by atoms with Crippen molar-refractivity contribution in [2.75, 3.05) is 0 Å². The van der Waals surface area contributed by atoms with E-state index in [0.29, 0.717) is 0 Å². The molecule has 0 aromatic rings. The van der Waals surface area contributed by atoms with Crippen LogP contribution in [-0.4, -0.2) is 12.1 Å². The fourth-order valence-electron chi connectivity index (χ4n) is 1.87. The molecule has 12 heavy (non-hydrogen) atoms. The summed E-state index contributed by atoms with van der Waals surface area (Å²) in [5.41, 5.74) is 0.286. The van der Waals surface area contributed by atoms with Crippen LogP contribution in [0.2, 0.25) is 0 Å². The van der Waals surface area contributed by atoms with Gasteiger partial charge in [0.15, 0.2) is 0 Å². The van der Waals surface area contributed by atoms with Crippen LogP contribution >= 0.6 is 0 Å². The van der Waals surface area contributed by atoms with Gasteiger partial charge in [0.1, 0.15) is 0 Å². The van der Waals surface area contributed by atoms with Gasteiger partial charge in [-0.3, -0.25) is 0 Å². The molecule has 1 atom stereocenters. The Bertz CT molecular complexity index is 156. The van der Waals surface area contributed by atoms with Crippen molar-refractivity contribution >= 4 is 6.01 Å². The highest BCUT2D eigenvalue weighted by molar-refractivity contribution is 5.36. The summed E-state index contributed by atoms with van der Waals surface area (Å²) < 4.78 is 0. The minimum Gasteiger partial charge on any atom is -0.242 e. The summed E-state index contributed by atoms with van der Waals surface area (Å²) in [6, 6.07) is 2.38. The van der Waals surface area contributed by atoms with Gasteiger partial charge >= 0.3 is 0 Å². The number of hydrogen-bond acceptors (Lipinski definition) is 2. The molecule has 0 spiro atoms. The molecular weight excluding hydrogens is 148 g/mol. The van der Waals surface area contributed by atoms with Gasteiger partial charge in [0.05, 0.1) is 12.1 Å². The van der Waals surface area contributed by atoms with Gasteiger partial charge in [-0.25, -0.2) is 10.4 Å². The zero-order valence-electron chi connectivity index (χ0n) is 8.65. The lowest BCUT2D eigenvalue weighted by Gasteiger charge is -2.33. The molecule has 0 radical (unpaired) electrons. The highest BCUT2D eigenvalue weighted by Crippen LogP contribution is 2.35. The van der Waals surface area contributed by atoms with Crippen LogP contribution in [0.5, 0.6) is 0 Å². The van der Waals surface area contributed by atoms with E-state index in [9.17, 15) is 0 Å². The van der Waals surface area contributed by atoms with Crippen LogP contribution < -0.4 is 0 Å². The molecule has 0 aliphatic carbocycles. The largest absolute Gasteiger partial charge is 0.242 e. The maximum atomic E-state index is 6.82. The van der Waals surface area contributed by atoms with Crippen LogP contribution in [-0.2, 0) is 0 Å². The molecular formula is C10H20N2. The third kappa shape index (κ3) is 2.18. The number of nitrogens with zero attached hydrogens (tertiary/aromatic N) is 1. The predicted molar refractivity (Wildman–Crippen MR) is 52.9 cm³/mol. The lowest BCUT2D eigenvalue weighted by Crippen LogP contribution is -2.29. The molecule has 2 nitrogen and oxygen atoms in total. The average Bonchev–Trinajstić information content (AvgIpc) is 2.09. The summed E-state index contributed by atoms with van der Waals surface area (Å²) >= 11 is 0. The normalized spacial score (nSPS) is 13.7. The van der Waals surface area contributed by atoms with E-state index in [1.807, 2.05) is 0 Å². The molecule has 0 saturated heterocycles. The topological polar surface area (TPSA) is 36.2 Å². The Balaban J connectivity index is 4.56. The lowest BCUT2D eigenvalue weighted by molar-refractivity contribution is 0.206. The quantitative estimate of drug-likeness (QED) is 0.611. The Morgan fingerprint density at radius 1 is 1.25 bits per heavy atom. The molecule has 0 aliphatic heterocycles. The minimum absolute atomic E-state index is 0.231. The first-order valence-corrected chi connectivity index (χ1v) is 4.78. The first-order chi connectivity index (χ1) is 5.66. The standard InChI is InChI=1S/C10H20N2/c1-5-10(6-2,7-3)9(4)12-8-11/h9,11H,5-7H2,1-4H3. The zero-order valence-corrected chi connectivity index (χ0v) is 8.65. The highest BCUT2D eigenvalue weighted by Gasteiger charge is 2.30. The molecule has 70 valence electrons. The van der Waals surface area contributed by atoms with Gasteiger partial charge < -0.3 is 0 Å².